The molecule has 0 aromatic carbocycles. The molecule has 0 radical (unpaired) electrons. The van der Waals surface area contributed by atoms with Crippen LogP contribution in [0.2, 0.25) is 0 Å². The minimum atomic E-state index is -2.58. The molecule has 16 heteroatoms. The maximum absolute atomic E-state index is 13.5. The molecule has 3 aliphatic heterocycles. The van der Waals surface area contributed by atoms with E-state index >= 15 is 0 Å². The average molecular weight is 569 g/mol. The number of piperidine rings is 1. The van der Waals surface area contributed by atoms with Gasteiger partial charge in [-0.2, -0.15) is 0 Å². The van der Waals surface area contributed by atoms with Crippen LogP contribution in [-0.2, 0) is 14.4 Å². The number of Topliss-reactive ketones (excluding diaryl/α,β-unsaturated/α-hetero) is 1. The second-order valence-electron chi connectivity index (χ2n) is 10.6. The van der Waals surface area contributed by atoms with E-state index < -0.39 is 53.9 Å². The van der Waals surface area contributed by atoms with E-state index in [-0.39, 0.29) is 31.2 Å². The van der Waals surface area contributed by atoms with Crippen LogP contribution in [0.1, 0.15) is 13.8 Å². The highest BCUT2D eigenvalue weighted by molar-refractivity contribution is 6.05. The second kappa shape index (κ2) is 9.49. The van der Waals surface area contributed by atoms with E-state index in [0.29, 0.717) is 17.2 Å². The van der Waals surface area contributed by atoms with Gasteiger partial charge in [-0.25, -0.2) is 33.5 Å². The fourth-order valence-electron chi connectivity index (χ4n) is 5.51. The van der Waals surface area contributed by atoms with Gasteiger partial charge in [0.25, 0.3) is 11.8 Å². The third-order valence-corrected chi connectivity index (χ3v) is 7.92. The molecular formula is C25H26F2N10O4. The van der Waals surface area contributed by atoms with Crippen LogP contribution in [0, 0.1) is 11.8 Å². The second-order valence-corrected chi connectivity index (χ2v) is 10.6. The number of hydrogen-bond acceptors (Lipinski definition) is 11. The van der Waals surface area contributed by atoms with Crippen LogP contribution in [0.5, 0.6) is 0 Å². The summed E-state index contributed by atoms with van der Waals surface area (Å²) in [5, 5.41) is 2.67. The first-order valence-corrected chi connectivity index (χ1v) is 12.9. The van der Waals surface area contributed by atoms with E-state index in [4.69, 9.17) is 0 Å². The molecule has 41 heavy (non-hydrogen) atoms. The van der Waals surface area contributed by atoms with Crippen molar-refractivity contribution in [3.05, 3.63) is 24.8 Å². The maximum atomic E-state index is 13.5. The zero-order chi connectivity index (χ0) is 29.2. The quantitative estimate of drug-likeness (QED) is 0.498. The van der Waals surface area contributed by atoms with Gasteiger partial charge < -0.3 is 20.0 Å². The van der Waals surface area contributed by atoms with Crippen molar-refractivity contribution < 1.29 is 28.0 Å². The van der Waals surface area contributed by atoms with Crippen LogP contribution in [0.25, 0.3) is 11.4 Å². The number of nitrogens with one attached hydrogen (secondary N) is 1. The van der Waals surface area contributed by atoms with Crippen molar-refractivity contribution in [1.82, 2.24) is 34.6 Å². The summed E-state index contributed by atoms with van der Waals surface area (Å²) in [4.78, 5) is 77.4. The Morgan fingerprint density at radius 2 is 1.83 bits per heavy atom. The number of rotatable bonds is 7. The van der Waals surface area contributed by atoms with Gasteiger partial charge in [0.1, 0.15) is 29.0 Å². The van der Waals surface area contributed by atoms with Crippen molar-refractivity contribution in [3.63, 3.8) is 0 Å². The molecule has 1 aliphatic carbocycles. The molecule has 0 bridgehead atoms. The number of likely N-dealkylation sites (N-methyl/N-ethyl adjacent to an activating group) is 1. The smallest absolute Gasteiger partial charge is 0.328 e. The maximum Gasteiger partial charge on any atom is 0.328 e. The summed E-state index contributed by atoms with van der Waals surface area (Å²) in [6, 6.07) is -2.51. The first-order valence-electron chi connectivity index (χ1n) is 12.9. The van der Waals surface area contributed by atoms with E-state index in [2.05, 4.69) is 30.2 Å². The first-order chi connectivity index (χ1) is 19.5. The zero-order valence-electron chi connectivity index (χ0n) is 22.3. The molecule has 1 saturated carbocycles. The molecular weight excluding hydrogens is 542 g/mol. The topological polar surface area (TPSA) is 157 Å². The van der Waals surface area contributed by atoms with Crippen molar-refractivity contribution in [2.45, 2.75) is 38.0 Å². The van der Waals surface area contributed by atoms with Crippen LogP contribution < -0.4 is 10.2 Å². The Hall–Kier alpha value is -4.63. The number of aliphatic imine (C=N–C) groups is 1. The molecule has 6 rings (SSSR count). The lowest BCUT2D eigenvalue weighted by molar-refractivity contribution is -0.141. The summed E-state index contributed by atoms with van der Waals surface area (Å²) < 4.78 is 27.0. The molecule has 1 N–H and O–H groups in total. The number of urea groups is 1. The molecule has 5 heterocycles. The zero-order valence-corrected chi connectivity index (χ0v) is 22.3. The minimum absolute atomic E-state index is 0.125. The molecule has 4 unspecified atom stereocenters. The number of fused-ring (bicyclic) bond motifs is 2. The van der Waals surface area contributed by atoms with E-state index in [9.17, 15) is 28.0 Å². The van der Waals surface area contributed by atoms with E-state index in [1.807, 2.05) is 0 Å². The number of nitrogens with zero attached hydrogens (tertiary/aromatic N) is 9. The van der Waals surface area contributed by atoms with E-state index in [1.165, 1.54) is 54.9 Å². The Kier molecular flexibility index (Phi) is 6.15. The fraction of sp³-hybridized carbons (Fsp3) is 0.480. The number of carbonyl (C=O) groups is 4. The van der Waals surface area contributed by atoms with Crippen molar-refractivity contribution in [2.24, 2.45) is 16.8 Å². The van der Waals surface area contributed by atoms with Crippen molar-refractivity contribution in [2.75, 3.05) is 36.9 Å². The monoisotopic (exact) mass is 568 g/mol. The minimum Gasteiger partial charge on any atom is -0.354 e. The first kappa shape index (κ1) is 26.6. The molecule has 2 aromatic heterocycles. The van der Waals surface area contributed by atoms with Gasteiger partial charge in [-0.15, -0.1) is 0 Å². The number of halogens is 2. The molecule has 2 saturated heterocycles. The third-order valence-electron chi connectivity index (χ3n) is 7.92. The lowest BCUT2D eigenvalue weighted by Crippen LogP contribution is -2.66. The van der Waals surface area contributed by atoms with Gasteiger partial charge in [-0.1, -0.05) is 0 Å². The molecule has 14 nitrogen and oxygen atoms in total. The number of amides is 4. The normalized spacial score (nSPS) is 26.7. The van der Waals surface area contributed by atoms with E-state index in [0.717, 1.165) is 4.90 Å². The standard InChI is InChI=1S/C25H26F2N10O4/c1-12(38)8-36-23(40)20-21(34(3)24(36)41)31-11-37(20)13(2)22(39)33-18-6-28-4-17(32-18)16-5-30-19(7-29-16)35-9-14-15(10-35)25(14,26)27/h4-7,11,13-15,20-21H,8-10H2,1-3H3,(H,32,33,39)/t13-,14?,15?,20?,21?/m0/s1. The number of alkyl halides is 2. The molecule has 2 aromatic rings. The Bertz CT molecular complexity index is 1460. The van der Waals surface area contributed by atoms with Gasteiger partial charge >= 0.3 is 6.03 Å². The summed E-state index contributed by atoms with van der Waals surface area (Å²) >= 11 is 0. The van der Waals surface area contributed by atoms with Crippen molar-refractivity contribution in [3.8, 4) is 11.4 Å². The summed E-state index contributed by atoms with van der Waals surface area (Å²) in [7, 11) is 1.48. The lowest BCUT2D eigenvalue weighted by atomic mass is 10.1. The highest BCUT2D eigenvalue weighted by Crippen LogP contribution is 2.59. The van der Waals surface area contributed by atoms with Crippen LogP contribution in [-0.4, -0.2) is 115 Å². The number of ketones is 1. The predicted octanol–water partition coefficient (Wildman–Crippen LogP) is 0.484. The van der Waals surface area contributed by atoms with Gasteiger partial charge in [0.2, 0.25) is 5.91 Å². The number of imide groups is 1. The molecule has 5 atom stereocenters. The highest BCUT2D eigenvalue weighted by Gasteiger charge is 2.71. The largest absolute Gasteiger partial charge is 0.354 e. The summed E-state index contributed by atoms with van der Waals surface area (Å²) in [5.41, 5.74) is 0.705. The third kappa shape index (κ3) is 4.42. The van der Waals surface area contributed by atoms with Crippen LogP contribution in [0.3, 0.4) is 0 Å². The van der Waals surface area contributed by atoms with Crippen molar-refractivity contribution >= 4 is 41.6 Å². The van der Waals surface area contributed by atoms with Crippen LogP contribution in [0.15, 0.2) is 29.8 Å². The van der Waals surface area contributed by atoms with E-state index in [1.54, 1.807) is 11.8 Å². The Balaban J connectivity index is 1.12. The molecule has 3 fully saturated rings. The van der Waals surface area contributed by atoms with Gasteiger partial charge in [-0.05, 0) is 13.8 Å². The Labute approximate surface area is 232 Å². The number of aromatic nitrogens is 4. The predicted molar refractivity (Wildman–Crippen MR) is 139 cm³/mol. The van der Waals surface area contributed by atoms with Crippen LogP contribution >= 0.6 is 0 Å². The van der Waals surface area contributed by atoms with Gasteiger partial charge in [0.15, 0.2) is 18.0 Å². The number of carbonyl (C=O) groups excluding carboxylic acids is 4. The van der Waals surface area contributed by atoms with Crippen LogP contribution in [0.4, 0.5) is 25.2 Å². The summed E-state index contributed by atoms with van der Waals surface area (Å²) in [6.07, 6.45) is 6.28. The molecule has 0 spiro atoms. The highest BCUT2D eigenvalue weighted by atomic mass is 19.3. The number of hydrogen-bond donors (Lipinski definition) is 1. The molecule has 4 aliphatic rings. The van der Waals surface area contributed by atoms with Gasteiger partial charge in [0.05, 0.1) is 49.5 Å². The average Bonchev–Trinajstić information content (AvgIpc) is 3.38. The fourth-order valence-corrected chi connectivity index (χ4v) is 5.51. The van der Waals surface area contributed by atoms with Gasteiger partial charge in [0, 0.05) is 20.1 Å². The molecule has 214 valence electrons. The van der Waals surface area contributed by atoms with Crippen molar-refractivity contribution in [1.29, 1.82) is 0 Å². The summed E-state index contributed by atoms with van der Waals surface area (Å²) in [6.45, 7) is 2.95. The Morgan fingerprint density at radius 1 is 1.10 bits per heavy atom. The lowest BCUT2D eigenvalue weighted by Gasteiger charge is -2.41. The molecule has 4 amide bonds. The number of anilines is 2. The SMILES string of the molecule is CC(=O)CN1C(=O)C2C(N=CN2[C@@H](C)C(=O)Nc2cncc(-c3cnc(N4CC5C(C4)C5(F)F)cn3)n2)N(C)C1=O. The summed E-state index contributed by atoms with van der Waals surface area (Å²) in [5.74, 6) is -4.70. The van der Waals surface area contributed by atoms with Gasteiger partial charge in [-0.3, -0.25) is 24.3 Å². The Morgan fingerprint density at radius 3 is 2.49 bits per heavy atom.